The summed E-state index contributed by atoms with van der Waals surface area (Å²) >= 11 is 0. The first kappa shape index (κ1) is 44.4. The molecule has 0 N–H and O–H groups in total. The average molecular weight is 997 g/mol. The van der Waals surface area contributed by atoms with Crippen LogP contribution in [0.5, 0.6) is 0 Å². The second-order valence-corrected chi connectivity index (χ2v) is 21.2. The van der Waals surface area contributed by atoms with Gasteiger partial charge in [0.15, 0.2) is 0 Å². The summed E-state index contributed by atoms with van der Waals surface area (Å²) in [7, 11) is 0. The fraction of sp³-hybridized carbons (Fsp3) is 0.0541. The van der Waals surface area contributed by atoms with Crippen molar-refractivity contribution in [2.45, 2.75) is 25.7 Å². The number of hydrogen-bond donors (Lipinski definition) is 0. The Balaban J connectivity index is 0.843. The Morgan fingerprint density at radius 1 is 0.346 bits per heavy atom. The highest BCUT2D eigenvalue weighted by Gasteiger charge is 2.28. The van der Waals surface area contributed by atoms with Gasteiger partial charge in [0.1, 0.15) is 0 Å². The van der Waals surface area contributed by atoms with E-state index in [1.54, 1.807) is 0 Å². The van der Waals surface area contributed by atoms with Crippen LogP contribution in [0.3, 0.4) is 0 Å². The molecule has 78 heavy (non-hydrogen) atoms. The third-order valence-electron chi connectivity index (χ3n) is 16.9. The maximum atomic E-state index is 4.54. The molecule has 0 saturated carbocycles. The van der Waals surface area contributed by atoms with Crippen LogP contribution in [0.2, 0.25) is 0 Å². The van der Waals surface area contributed by atoms with Crippen molar-refractivity contribution in [3.8, 4) is 39.3 Å². The zero-order chi connectivity index (χ0) is 51.4. The number of para-hydroxylation sites is 5. The van der Waals surface area contributed by atoms with Gasteiger partial charge in [-0.3, -0.25) is 0 Å². The molecule has 368 valence electrons. The van der Waals surface area contributed by atoms with E-state index in [-0.39, 0.29) is 0 Å². The van der Waals surface area contributed by atoms with Gasteiger partial charge >= 0.3 is 0 Å². The highest BCUT2D eigenvalue weighted by Crippen LogP contribution is 2.47. The van der Waals surface area contributed by atoms with E-state index in [0.29, 0.717) is 0 Å². The number of aromatic nitrogens is 3. The molecule has 4 heteroatoms. The molecule has 3 aliphatic rings. The predicted octanol–water partition coefficient (Wildman–Crippen LogP) is 19.0. The Morgan fingerprint density at radius 3 is 1.55 bits per heavy atom. The molecule has 10 aromatic carbocycles. The number of benzene rings is 10. The first-order chi connectivity index (χ1) is 38.6. The van der Waals surface area contributed by atoms with Crippen molar-refractivity contribution in [3.05, 3.63) is 289 Å². The summed E-state index contributed by atoms with van der Waals surface area (Å²) in [5, 5.41) is 6.44. The maximum Gasteiger partial charge on any atom is 0.0547 e. The molecule has 0 saturated heterocycles. The first-order valence-electron chi connectivity index (χ1n) is 27.3. The summed E-state index contributed by atoms with van der Waals surface area (Å²) in [5.74, 6) is 0. The van der Waals surface area contributed by atoms with Gasteiger partial charge in [-0.15, -0.1) is 0 Å². The van der Waals surface area contributed by atoms with Crippen molar-refractivity contribution in [1.29, 1.82) is 0 Å². The van der Waals surface area contributed by atoms with Crippen LogP contribution in [-0.4, -0.2) is 13.7 Å². The van der Waals surface area contributed by atoms with Crippen LogP contribution in [0, 0.1) is 0 Å². The van der Waals surface area contributed by atoms with E-state index >= 15 is 0 Å². The van der Waals surface area contributed by atoms with E-state index in [2.05, 4.69) is 280 Å². The van der Waals surface area contributed by atoms with E-state index in [1.807, 2.05) is 0 Å². The molecule has 0 atom stereocenters. The van der Waals surface area contributed by atoms with Gasteiger partial charge in [-0.1, -0.05) is 128 Å². The highest BCUT2D eigenvalue weighted by molar-refractivity contribution is 6.13. The number of nitrogens with zero attached hydrogens (tertiary/aromatic N) is 4. The number of aryl methyl sites for hydroxylation is 2. The minimum atomic E-state index is 0.955. The molecule has 1 aliphatic heterocycles. The van der Waals surface area contributed by atoms with E-state index in [1.165, 1.54) is 122 Å². The van der Waals surface area contributed by atoms with Crippen molar-refractivity contribution in [2.24, 2.45) is 0 Å². The van der Waals surface area contributed by atoms with E-state index < -0.39 is 0 Å². The number of fused-ring (bicyclic) bond motifs is 13. The third kappa shape index (κ3) is 6.93. The molecule has 4 nitrogen and oxygen atoms in total. The second-order valence-electron chi connectivity index (χ2n) is 21.2. The zero-order valence-corrected chi connectivity index (χ0v) is 43.1. The lowest BCUT2D eigenvalue weighted by Gasteiger charge is -2.25. The maximum absolute atomic E-state index is 4.54. The Kier molecular flexibility index (Phi) is 10.0. The van der Waals surface area contributed by atoms with Gasteiger partial charge in [-0.2, -0.15) is 0 Å². The van der Waals surface area contributed by atoms with Crippen LogP contribution < -0.4 is 4.90 Å². The lowest BCUT2D eigenvalue weighted by molar-refractivity contribution is 0.898. The van der Waals surface area contributed by atoms with Gasteiger partial charge < -0.3 is 18.6 Å². The molecule has 3 aromatic heterocycles. The number of hydrogen-bond acceptors (Lipinski definition) is 1. The van der Waals surface area contributed by atoms with Crippen molar-refractivity contribution >= 4 is 83.1 Å². The van der Waals surface area contributed by atoms with Crippen LogP contribution in [0.1, 0.15) is 39.9 Å². The Bertz CT molecular complexity index is 4720. The second kappa shape index (κ2) is 17.6. The number of anilines is 2. The van der Waals surface area contributed by atoms with Crippen molar-refractivity contribution in [2.75, 3.05) is 4.90 Å². The minimum Gasteiger partial charge on any atom is -0.317 e. The first-order valence-corrected chi connectivity index (χ1v) is 27.3. The molecular formula is C74H52N4. The highest BCUT2D eigenvalue weighted by atomic mass is 15.1. The summed E-state index contributed by atoms with van der Waals surface area (Å²) < 4.78 is 7.45. The minimum absolute atomic E-state index is 0.955. The zero-order valence-electron chi connectivity index (χ0n) is 43.1. The molecule has 0 bridgehead atoms. The standard InChI is InChI=1S/C74H52N4/c1-48-18-16-17-39-75(55-19-6-2-7-20-55)68-35-31-49(40-60(48)68)51-33-37-71-64(42-51)66-44-53-29-30-54-45-67-65-43-52(50-32-36-70-63(41-50)59-27-14-15-28-69(59)76(70)56-21-8-3-9-22-56)34-38-72(65)78(58-25-12-5-13-26-58)74(67)47-62(54)61(53)46-73(66)77(71)57-23-10-4-11-24-57/h2-28,31-33,35-37,39-47H,1,29-30,34,38H2/b18-16-,39-17-. The van der Waals surface area contributed by atoms with Crippen LogP contribution in [-0.2, 0) is 19.3 Å². The summed E-state index contributed by atoms with van der Waals surface area (Å²) in [6, 6.07) is 83.2. The monoisotopic (exact) mass is 996 g/mol. The quantitative estimate of drug-likeness (QED) is 0.162. The smallest absolute Gasteiger partial charge is 0.0547 e. The molecule has 16 rings (SSSR count). The Labute approximate surface area is 453 Å². The molecule has 0 radical (unpaired) electrons. The van der Waals surface area contributed by atoms with Crippen LogP contribution in [0.15, 0.2) is 255 Å². The molecular weight excluding hydrogens is 945 g/mol. The van der Waals surface area contributed by atoms with Crippen LogP contribution in [0.4, 0.5) is 11.4 Å². The number of rotatable bonds is 6. The Hall–Kier alpha value is -9.90. The SMILES string of the molecule is C=C1/C=C\C=C/N(c2ccccc2)c2ccc(-c3ccc4c(c3)c3cc5c(cc3n4-c3ccccc3)-c3cc4c(cc3CC5)c3c(n4-c4ccccc4)CCC(c4ccc5c(c4)c4ccccc4n5-c4ccccc4)=C3)cc21. The van der Waals surface area contributed by atoms with Crippen molar-refractivity contribution < 1.29 is 0 Å². The largest absolute Gasteiger partial charge is 0.317 e. The molecule has 0 spiro atoms. The van der Waals surface area contributed by atoms with Crippen LogP contribution in [0.25, 0.3) is 111 Å². The van der Waals surface area contributed by atoms with E-state index in [0.717, 1.165) is 53.9 Å². The normalized spacial score (nSPS) is 14.7. The lowest BCUT2D eigenvalue weighted by Crippen LogP contribution is -2.11. The molecule has 0 unspecified atom stereocenters. The van der Waals surface area contributed by atoms with Crippen molar-refractivity contribution in [1.82, 2.24) is 13.7 Å². The van der Waals surface area contributed by atoms with Gasteiger partial charge in [0.2, 0.25) is 0 Å². The van der Waals surface area contributed by atoms with E-state index in [4.69, 9.17) is 0 Å². The van der Waals surface area contributed by atoms with Gasteiger partial charge in [0, 0.05) is 72.7 Å². The summed E-state index contributed by atoms with van der Waals surface area (Å²) in [4.78, 5) is 2.26. The van der Waals surface area contributed by atoms with Gasteiger partial charge in [0.05, 0.1) is 33.3 Å². The number of allylic oxidation sites excluding steroid dienone is 5. The van der Waals surface area contributed by atoms with Crippen LogP contribution >= 0.6 is 0 Å². The van der Waals surface area contributed by atoms with Gasteiger partial charge in [0.25, 0.3) is 0 Å². The average Bonchev–Trinajstić information content (AvgIpc) is 4.33. The molecule has 2 aliphatic carbocycles. The topological polar surface area (TPSA) is 18.0 Å². The molecule has 0 amide bonds. The predicted molar refractivity (Wildman–Crippen MR) is 329 cm³/mol. The van der Waals surface area contributed by atoms with Gasteiger partial charge in [-0.25, -0.2) is 0 Å². The van der Waals surface area contributed by atoms with Gasteiger partial charge in [-0.05, 0) is 203 Å². The molecule has 4 heterocycles. The lowest BCUT2D eigenvalue weighted by atomic mass is 9.83. The molecule has 0 fully saturated rings. The van der Waals surface area contributed by atoms with E-state index in [9.17, 15) is 0 Å². The fourth-order valence-electron chi connectivity index (χ4n) is 13.3. The summed E-state index contributed by atoms with van der Waals surface area (Å²) in [6.45, 7) is 4.54. The fourth-order valence-corrected chi connectivity index (χ4v) is 13.3. The Morgan fingerprint density at radius 2 is 0.859 bits per heavy atom. The third-order valence-corrected chi connectivity index (χ3v) is 16.9. The van der Waals surface area contributed by atoms with Crippen molar-refractivity contribution in [3.63, 3.8) is 0 Å². The summed E-state index contributed by atoms with van der Waals surface area (Å²) in [5.41, 5.74) is 27.3. The molecule has 13 aromatic rings. The summed E-state index contributed by atoms with van der Waals surface area (Å²) in [6.07, 6.45) is 14.8.